The summed E-state index contributed by atoms with van der Waals surface area (Å²) < 4.78 is 26.5. The molecule has 1 aliphatic heterocycles. The smallest absolute Gasteiger partial charge is 0.309 e. The van der Waals surface area contributed by atoms with Gasteiger partial charge in [0.05, 0.1) is 23.8 Å². The van der Waals surface area contributed by atoms with Crippen LogP contribution in [0.4, 0.5) is 0 Å². The van der Waals surface area contributed by atoms with E-state index >= 15 is 0 Å². The summed E-state index contributed by atoms with van der Waals surface area (Å²) in [7, 11) is -4.94. The molecule has 2 amide bonds. The number of rotatable bonds is 15. The van der Waals surface area contributed by atoms with Crippen molar-refractivity contribution in [2.24, 2.45) is 5.41 Å². The Labute approximate surface area is 264 Å². The first-order valence-electron chi connectivity index (χ1n) is 15.3. The Balaban J connectivity index is 1.67. The van der Waals surface area contributed by atoms with Gasteiger partial charge in [0.2, 0.25) is 0 Å². The van der Waals surface area contributed by atoms with Gasteiger partial charge < -0.3 is 9.05 Å². The maximum absolute atomic E-state index is 13.9. The molecule has 0 aliphatic carbocycles. The molecule has 7 nitrogen and oxygen atoms in total. The maximum Gasteiger partial charge on any atom is 0.327 e. The van der Waals surface area contributed by atoms with Crippen molar-refractivity contribution < 1.29 is 23.2 Å². The van der Waals surface area contributed by atoms with E-state index in [4.69, 9.17) is 9.05 Å². The normalized spacial score (nSPS) is 16.6. The first kappa shape index (κ1) is 34.0. The molecule has 0 saturated carbocycles. The monoisotopic (exact) mass is 634 g/mol. The standard InChI is InChI=1S/C35H47N2O5PSi/c1-27(36(24-28-16-10-8-11-17-28)25-29-18-12-9-13-19-29)32(42-43(4,40)41-22-23-44(5,6)7)35(2,3)26-37-33(38)30-20-14-15-21-31(30)34(37)39/h8-21,27,32H,22-26H2,1-7H3/t27-,32+,43?/m0/s1. The molecule has 4 rings (SSSR count). The third-order valence-electron chi connectivity index (χ3n) is 8.17. The molecule has 3 aromatic carbocycles. The number of benzene rings is 3. The van der Waals surface area contributed by atoms with Gasteiger partial charge in [-0.25, -0.2) is 0 Å². The fourth-order valence-electron chi connectivity index (χ4n) is 5.69. The number of carbonyl (C=O) groups is 2. The second kappa shape index (κ2) is 14.0. The van der Waals surface area contributed by atoms with Crippen LogP contribution >= 0.6 is 7.60 Å². The molecule has 1 heterocycles. The lowest BCUT2D eigenvalue weighted by molar-refractivity contribution is -0.0261. The number of hydrogen-bond donors (Lipinski definition) is 0. The average molecular weight is 635 g/mol. The zero-order valence-electron chi connectivity index (χ0n) is 27.2. The molecule has 44 heavy (non-hydrogen) atoms. The summed E-state index contributed by atoms with van der Waals surface area (Å²) in [6.45, 7) is 16.0. The average Bonchev–Trinajstić information content (AvgIpc) is 3.20. The molecular formula is C35H47N2O5PSi. The number of amides is 2. The predicted octanol–water partition coefficient (Wildman–Crippen LogP) is 7.96. The quantitative estimate of drug-likeness (QED) is 0.0959. The summed E-state index contributed by atoms with van der Waals surface area (Å²) in [6, 6.07) is 27.9. The summed E-state index contributed by atoms with van der Waals surface area (Å²) in [5.41, 5.74) is 2.30. The number of carbonyl (C=O) groups excluding carboxylic acids is 2. The summed E-state index contributed by atoms with van der Waals surface area (Å²) in [5, 5.41) is 0. The molecule has 0 fully saturated rings. The Morgan fingerprint density at radius 2 is 1.27 bits per heavy atom. The Morgan fingerprint density at radius 1 is 0.818 bits per heavy atom. The first-order chi connectivity index (χ1) is 20.7. The van der Waals surface area contributed by atoms with E-state index in [2.05, 4.69) is 55.7 Å². The molecule has 0 radical (unpaired) electrons. The highest BCUT2D eigenvalue weighted by Crippen LogP contribution is 2.50. The zero-order valence-corrected chi connectivity index (χ0v) is 29.1. The van der Waals surface area contributed by atoms with Crippen LogP contribution < -0.4 is 0 Å². The SMILES string of the molecule is C[C@@H]([C@@H](OP(C)(=O)OCC[Si](C)(C)C)C(C)(C)CN1C(=O)c2ccccc2C1=O)N(Cc1ccccc1)Cc1ccccc1. The van der Waals surface area contributed by atoms with Crippen LogP contribution in [0.2, 0.25) is 25.7 Å². The highest BCUT2D eigenvalue weighted by atomic mass is 31.2. The van der Waals surface area contributed by atoms with Gasteiger partial charge in [-0.15, -0.1) is 0 Å². The fourth-order valence-corrected chi connectivity index (χ4v) is 7.93. The van der Waals surface area contributed by atoms with Crippen LogP contribution in [0, 0.1) is 5.41 Å². The molecule has 3 aromatic rings. The van der Waals surface area contributed by atoms with Crippen molar-refractivity contribution in [1.29, 1.82) is 0 Å². The van der Waals surface area contributed by atoms with Crippen molar-refractivity contribution in [2.75, 3.05) is 19.8 Å². The Morgan fingerprint density at radius 3 is 1.73 bits per heavy atom. The molecule has 1 aliphatic rings. The van der Waals surface area contributed by atoms with Crippen molar-refractivity contribution in [3.63, 3.8) is 0 Å². The largest absolute Gasteiger partial charge is 0.327 e. The van der Waals surface area contributed by atoms with Gasteiger partial charge in [0.1, 0.15) is 0 Å². The Hall–Kier alpha value is -2.87. The van der Waals surface area contributed by atoms with Gasteiger partial charge in [0.15, 0.2) is 0 Å². The topological polar surface area (TPSA) is 76.1 Å². The molecule has 1 unspecified atom stereocenters. The van der Waals surface area contributed by atoms with Gasteiger partial charge in [-0.2, -0.15) is 0 Å². The predicted molar refractivity (Wildman–Crippen MR) is 180 cm³/mol. The summed E-state index contributed by atoms with van der Waals surface area (Å²) in [5.74, 6) is -0.636. The first-order valence-corrected chi connectivity index (χ1v) is 21.0. The second-order valence-electron chi connectivity index (χ2n) is 13.8. The molecule has 0 saturated heterocycles. The number of imide groups is 1. The van der Waals surface area contributed by atoms with Crippen LogP contribution in [-0.4, -0.2) is 61.7 Å². The van der Waals surface area contributed by atoms with Crippen molar-refractivity contribution in [3.05, 3.63) is 107 Å². The molecular weight excluding hydrogens is 587 g/mol. The minimum absolute atomic E-state index is 0.105. The van der Waals surface area contributed by atoms with Crippen LogP contribution in [0.25, 0.3) is 0 Å². The maximum atomic E-state index is 13.9. The number of nitrogens with zero attached hydrogens (tertiary/aromatic N) is 2. The molecule has 0 aromatic heterocycles. The lowest BCUT2D eigenvalue weighted by Gasteiger charge is -2.44. The van der Waals surface area contributed by atoms with Crippen molar-refractivity contribution in [1.82, 2.24) is 9.80 Å². The highest BCUT2D eigenvalue weighted by molar-refractivity contribution is 7.53. The van der Waals surface area contributed by atoms with E-state index < -0.39 is 27.2 Å². The van der Waals surface area contributed by atoms with E-state index in [9.17, 15) is 14.2 Å². The Bertz CT molecular complexity index is 1400. The van der Waals surface area contributed by atoms with Crippen LogP contribution in [0.15, 0.2) is 84.9 Å². The van der Waals surface area contributed by atoms with E-state index in [1.165, 1.54) is 11.6 Å². The van der Waals surface area contributed by atoms with Crippen molar-refractivity contribution >= 4 is 27.5 Å². The van der Waals surface area contributed by atoms with E-state index in [0.29, 0.717) is 30.8 Å². The van der Waals surface area contributed by atoms with Crippen LogP contribution in [0.5, 0.6) is 0 Å². The van der Waals surface area contributed by atoms with Gasteiger partial charge in [-0.05, 0) is 36.2 Å². The fraction of sp³-hybridized carbons (Fsp3) is 0.429. The third-order valence-corrected chi connectivity index (χ3v) is 11.1. The highest BCUT2D eigenvalue weighted by Gasteiger charge is 2.46. The third kappa shape index (κ3) is 8.86. The van der Waals surface area contributed by atoms with E-state index in [0.717, 1.165) is 17.2 Å². The zero-order chi connectivity index (χ0) is 32.1. The second-order valence-corrected chi connectivity index (χ2v) is 21.4. The minimum atomic E-state index is -3.52. The summed E-state index contributed by atoms with van der Waals surface area (Å²) >= 11 is 0. The van der Waals surface area contributed by atoms with Crippen LogP contribution in [-0.2, 0) is 26.7 Å². The lowest BCUT2D eigenvalue weighted by atomic mass is 9.81. The van der Waals surface area contributed by atoms with Gasteiger partial charge in [0.25, 0.3) is 11.8 Å². The lowest BCUT2D eigenvalue weighted by Crippen LogP contribution is -2.53. The molecule has 9 heteroatoms. The number of hydrogen-bond acceptors (Lipinski definition) is 6. The van der Waals surface area contributed by atoms with Gasteiger partial charge in [-0.1, -0.05) is 106 Å². The molecule has 0 spiro atoms. The molecule has 3 atom stereocenters. The van der Waals surface area contributed by atoms with Gasteiger partial charge in [-0.3, -0.25) is 24.0 Å². The van der Waals surface area contributed by atoms with E-state index in [-0.39, 0.29) is 24.4 Å². The van der Waals surface area contributed by atoms with E-state index in [1.54, 1.807) is 24.3 Å². The van der Waals surface area contributed by atoms with Gasteiger partial charge in [0, 0.05) is 45.8 Å². The van der Waals surface area contributed by atoms with Crippen molar-refractivity contribution in [3.8, 4) is 0 Å². The summed E-state index contributed by atoms with van der Waals surface area (Å²) in [6.07, 6.45) is -0.651. The van der Waals surface area contributed by atoms with E-state index in [1.807, 2.05) is 50.2 Å². The number of fused-ring (bicyclic) bond motifs is 1. The minimum Gasteiger partial charge on any atom is -0.309 e. The molecule has 0 bridgehead atoms. The Kier molecular flexibility index (Phi) is 10.9. The summed E-state index contributed by atoms with van der Waals surface area (Å²) in [4.78, 5) is 30.4. The molecule has 0 N–H and O–H groups in total. The van der Waals surface area contributed by atoms with Crippen LogP contribution in [0.1, 0.15) is 52.6 Å². The van der Waals surface area contributed by atoms with Crippen LogP contribution in [0.3, 0.4) is 0 Å². The van der Waals surface area contributed by atoms with Crippen molar-refractivity contribution in [2.45, 2.75) is 71.7 Å². The molecule has 236 valence electrons. The van der Waals surface area contributed by atoms with Gasteiger partial charge >= 0.3 is 7.60 Å².